The van der Waals surface area contributed by atoms with Gasteiger partial charge in [-0.2, -0.15) is 5.10 Å². The van der Waals surface area contributed by atoms with Gasteiger partial charge >= 0.3 is 0 Å². The number of rotatable bonds is 4. The van der Waals surface area contributed by atoms with Crippen molar-refractivity contribution in [1.29, 1.82) is 0 Å². The Kier molecular flexibility index (Phi) is 3.70. The minimum Gasteiger partial charge on any atom is -0.508 e. The zero-order chi connectivity index (χ0) is 14.7. The number of anilines is 1. The molecule has 106 valence electrons. The molecule has 0 saturated carbocycles. The largest absolute Gasteiger partial charge is 0.508 e. The van der Waals surface area contributed by atoms with Crippen LogP contribution in [0.1, 0.15) is 5.56 Å². The van der Waals surface area contributed by atoms with Crippen molar-refractivity contribution >= 4 is 17.3 Å². The molecule has 0 atom stereocenters. The van der Waals surface area contributed by atoms with Gasteiger partial charge in [0.05, 0.1) is 5.69 Å². The molecule has 0 aliphatic rings. The van der Waals surface area contributed by atoms with Gasteiger partial charge in [-0.3, -0.25) is 0 Å². The van der Waals surface area contributed by atoms with Gasteiger partial charge in [0, 0.05) is 23.3 Å². The van der Waals surface area contributed by atoms with Gasteiger partial charge < -0.3 is 10.4 Å². The summed E-state index contributed by atoms with van der Waals surface area (Å²) in [5.41, 5.74) is 1.48. The summed E-state index contributed by atoms with van der Waals surface area (Å²) in [6, 6.07) is 8.63. The SMILES string of the molecule is Oc1ccc(Cl)cc1CNc1cccnc1-n1cncn1. The highest BCUT2D eigenvalue weighted by Gasteiger charge is 2.07. The lowest BCUT2D eigenvalue weighted by molar-refractivity contribution is 0.469. The maximum atomic E-state index is 9.82. The van der Waals surface area contributed by atoms with Crippen molar-refractivity contribution in [3.63, 3.8) is 0 Å². The van der Waals surface area contributed by atoms with Crippen LogP contribution in [0.15, 0.2) is 49.2 Å². The molecule has 3 aromatic rings. The second-order valence-electron chi connectivity index (χ2n) is 4.34. The van der Waals surface area contributed by atoms with Crippen molar-refractivity contribution in [3.05, 3.63) is 59.8 Å². The Morgan fingerprint density at radius 1 is 1.29 bits per heavy atom. The first-order valence-electron chi connectivity index (χ1n) is 6.25. The van der Waals surface area contributed by atoms with Gasteiger partial charge in [0.25, 0.3) is 0 Å². The first-order valence-corrected chi connectivity index (χ1v) is 6.63. The van der Waals surface area contributed by atoms with Crippen LogP contribution in [0.5, 0.6) is 5.75 Å². The van der Waals surface area contributed by atoms with Gasteiger partial charge in [-0.15, -0.1) is 0 Å². The Balaban J connectivity index is 1.84. The van der Waals surface area contributed by atoms with E-state index in [1.165, 1.54) is 6.33 Å². The minimum atomic E-state index is 0.193. The Morgan fingerprint density at radius 3 is 3.00 bits per heavy atom. The summed E-state index contributed by atoms with van der Waals surface area (Å²) in [5, 5.41) is 17.7. The predicted octanol–water partition coefficient (Wildman–Crippen LogP) is 2.63. The molecule has 6 nitrogen and oxygen atoms in total. The number of benzene rings is 1. The van der Waals surface area contributed by atoms with E-state index >= 15 is 0 Å². The molecule has 0 radical (unpaired) electrons. The molecule has 21 heavy (non-hydrogen) atoms. The summed E-state index contributed by atoms with van der Waals surface area (Å²) in [7, 11) is 0. The van der Waals surface area contributed by atoms with Crippen LogP contribution >= 0.6 is 11.6 Å². The standard InChI is InChI=1S/C14H12ClN5O/c15-11-3-4-13(21)10(6-11)7-18-12-2-1-5-17-14(12)20-9-16-8-19-20/h1-6,8-9,18,21H,7H2. The van der Waals surface area contributed by atoms with Crippen molar-refractivity contribution in [2.24, 2.45) is 0 Å². The maximum absolute atomic E-state index is 9.82. The van der Waals surface area contributed by atoms with E-state index in [0.717, 1.165) is 5.69 Å². The van der Waals surface area contributed by atoms with Crippen molar-refractivity contribution in [2.45, 2.75) is 6.54 Å². The van der Waals surface area contributed by atoms with Crippen LogP contribution in [0.25, 0.3) is 5.82 Å². The molecule has 0 aliphatic heterocycles. The van der Waals surface area contributed by atoms with Crippen LogP contribution in [0.3, 0.4) is 0 Å². The van der Waals surface area contributed by atoms with E-state index in [2.05, 4.69) is 20.4 Å². The molecule has 0 unspecified atom stereocenters. The monoisotopic (exact) mass is 301 g/mol. The lowest BCUT2D eigenvalue weighted by atomic mass is 10.2. The van der Waals surface area contributed by atoms with E-state index in [1.54, 1.807) is 35.4 Å². The second kappa shape index (κ2) is 5.80. The number of halogens is 1. The van der Waals surface area contributed by atoms with Gasteiger partial charge in [-0.1, -0.05) is 11.6 Å². The van der Waals surface area contributed by atoms with Crippen molar-refractivity contribution in [2.75, 3.05) is 5.32 Å². The topological polar surface area (TPSA) is 75.9 Å². The fourth-order valence-corrected chi connectivity index (χ4v) is 2.12. The summed E-state index contributed by atoms with van der Waals surface area (Å²) >= 11 is 5.94. The van der Waals surface area contributed by atoms with Crippen LogP contribution in [-0.2, 0) is 6.54 Å². The molecule has 2 heterocycles. The lowest BCUT2D eigenvalue weighted by Gasteiger charge is -2.11. The molecule has 2 aromatic heterocycles. The third-order valence-corrected chi connectivity index (χ3v) is 3.17. The molecule has 1 aromatic carbocycles. The van der Waals surface area contributed by atoms with Crippen LogP contribution in [-0.4, -0.2) is 24.9 Å². The first kappa shape index (κ1) is 13.4. The average molecular weight is 302 g/mol. The zero-order valence-corrected chi connectivity index (χ0v) is 11.7. The van der Waals surface area contributed by atoms with Crippen LogP contribution < -0.4 is 5.32 Å². The number of nitrogens with one attached hydrogen (secondary N) is 1. The normalized spacial score (nSPS) is 10.5. The fraction of sp³-hybridized carbons (Fsp3) is 0.0714. The van der Waals surface area contributed by atoms with Gasteiger partial charge in [-0.25, -0.2) is 14.6 Å². The van der Waals surface area contributed by atoms with E-state index in [9.17, 15) is 5.11 Å². The number of aromatic hydroxyl groups is 1. The highest BCUT2D eigenvalue weighted by atomic mass is 35.5. The summed E-state index contributed by atoms with van der Waals surface area (Å²) in [6.07, 6.45) is 4.70. The summed E-state index contributed by atoms with van der Waals surface area (Å²) in [6.45, 7) is 0.416. The van der Waals surface area contributed by atoms with E-state index < -0.39 is 0 Å². The van der Waals surface area contributed by atoms with Gasteiger partial charge in [0.2, 0.25) is 0 Å². The number of hydrogen-bond donors (Lipinski definition) is 2. The van der Waals surface area contributed by atoms with Crippen molar-refractivity contribution < 1.29 is 5.11 Å². The molecular weight excluding hydrogens is 290 g/mol. The van der Waals surface area contributed by atoms with Crippen molar-refractivity contribution in [1.82, 2.24) is 19.7 Å². The number of pyridine rings is 1. The second-order valence-corrected chi connectivity index (χ2v) is 4.78. The molecule has 0 saturated heterocycles. The number of nitrogens with zero attached hydrogens (tertiary/aromatic N) is 4. The quantitative estimate of drug-likeness (QED) is 0.775. The highest BCUT2D eigenvalue weighted by molar-refractivity contribution is 6.30. The molecule has 2 N–H and O–H groups in total. The first-order chi connectivity index (χ1) is 10.2. The Labute approximate surface area is 126 Å². The third kappa shape index (κ3) is 2.95. The smallest absolute Gasteiger partial charge is 0.178 e. The molecule has 0 amide bonds. The summed E-state index contributed by atoms with van der Waals surface area (Å²) < 4.78 is 1.57. The predicted molar refractivity (Wildman–Crippen MR) is 79.6 cm³/mol. The van der Waals surface area contributed by atoms with Crippen molar-refractivity contribution in [3.8, 4) is 11.6 Å². The summed E-state index contributed by atoms with van der Waals surface area (Å²) in [4.78, 5) is 8.19. The summed E-state index contributed by atoms with van der Waals surface area (Å²) in [5.74, 6) is 0.828. The number of phenolic OH excluding ortho intramolecular Hbond substituents is 1. The number of aromatic nitrogens is 4. The van der Waals surface area contributed by atoms with E-state index in [-0.39, 0.29) is 5.75 Å². The highest BCUT2D eigenvalue weighted by Crippen LogP contribution is 2.23. The molecule has 3 rings (SSSR count). The third-order valence-electron chi connectivity index (χ3n) is 2.93. The Morgan fingerprint density at radius 2 is 2.19 bits per heavy atom. The van der Waals surface area contributed by atoms with E-state index in [0.29, 0.717) is 22.9 Å². The molecule has 0 bridgehead atoms. The molecule has 0 spiro atoms. The zero-order valence-electron chi connectivity index (χ0n) is 10.9. The number of hydrogen-bond acceptors (Lipinski definition) is 5. The van der Waals surface area contributed by atoms with Crippen LogP contribution in [0.4, 0.5) is 5.69 Å². The Hall–Kier alpha value is -2.60. The van der Waals surface area contributed by atoms with Crippen LogP contribution in [0, 0.1) is 0 Å². The fourth-order valence-electron chi connectivity index (χ4n) is 1.92. The molecule has 0 aliphatic carbocycles. The van der Waals surface area contributed by atoms with Gasteiger partial charge in [0.1, 0.15) is 18.4 Å². The minimum absolute atomic E-state index is 0.193. The molecular formula is C14H12ClN5O. The average Bonchev–Trinajstić information content (AvgIpc) is 3.03. The number of phenols is 1. The Bertz CT molecular complexity index is 745. The van der Waals surface area contributed by atoms with E-state index in [1.807, 2.05) is 12.1 Å². The lowest BCUT2D eigenvalue weighted by Crippen LogP contribution is -2.06. The molecule has 7 heteroatoms. The van der Waals surface area contributed by atoms with Crippen LogP contribution in [0.2, 0.25) is 5.02 Å². The van der Waals surface area contributed by atoms with E-state index in [4.69, 9.17) is 11.6 Å². The van der Waals surface area contributed by atoms with Gasteiger partial charge in [0.15, 0.2) is 5.82 Å². The van der Waals surface area contributed by atoms with Gasteiger partial charge in [-0.05, 0) is 30.3 Å². The maximum Gasteiger partial charge on any atom is 0.178 e. The molecule has 0 fully saturated rings.